The van der Waals surface area contributed by atoms with Gasteiger partial charge in [-0.25, -0.2) is 0 Å². The van der Waals surface area contributed by atoms with Crippen LogP contribution >= 0.6 is 0 Å². The van der Waals surface area contributed by atoms with Gasteiger partial charge >= 0.3 is 0 Å². The third-order valence-corrected chi connectivity index (χ3v) is 2.52. The second-order valence-corrected chi connectivity index (χ2v) is 3.96. The quantitative estimate of drug-likeness (QED) is 0.597. The molecular formula is C12H24N2O. The standard InChI is InChI=1S/C12H24N2O/c1-4-5-6-7-8-11(2)15-10-12(9-13)14-3/h11-12,14H,4-8,10H2,1-3H3. The van der Waals surface area contributed by atoms with Gasteiger partial charge in [0.2, 0.25) is 0 Å². The normalized spacial score (nSPS) is 14.5. The fourth-order valence-corrected chi connectivity index (χ4v) is 1.39. The van der Waals surface area contributed by atoms with Gasteiger partial charge in [0.1, 0.15) is 6.04 Å². The van der Waals surface area contributed by atoms with Crippen LogP contribution in [0.1, 0.15) is 46.0 Å². The second kappa shape index (κ2) is 9.95. The second-order valence-electron chi connectivity index (χ2n) is 3.96. The molecule has 0 fully saturated rings. The average molecular weight is 212 g/mol. The van der Waals surface area contributed by atoms with Gasteiger partial charge in [-0.1, -0.05) is 32.6 Å². The number of unbranched alkanes of at least 4 members (excludes halogenated alkanes) is 3. The highest BCUT2D eigenvalue weighted by Gasteiger charge is 2.07. The van der Waals surface area contributed by atoms with Crippen LogP contribution in [0.2, 0.25) is 0 Å². The molecule has 0 heterocycles. The molecule has 0 aliphatic carbocycles. The van der Waals surface area contributed by atoms with E-state index in [0.717, 1.165) is 6.42 Å². The predicted molar refractivity (Wildman–Crippen MR) is 62.6 cm³/mol. The zero-order chi connectivity index (χ0) is 11.5. The van der Waals surface area contributed by atoms with E-state index in [2.05, 4.69) is 25.2 Å². The molecule has 0 bridgehead atoms. The monoisotopic (exact) mass is 212 g/mol. The van der Waals surface area contributed by atoms with E-state index in [4.69, 9.17) is 10.00 Å². The molecule has 0 spiro atoms. The largest absolute Gasteiger partial charge is 0.376 e. The highest BCUT2D eigenvalue weighted by Crippen LogP contribution is 2.07. The number of nitriles is 1. The molecule has 0 aromatic rings. The van der Waals surface area contributed by atoms with Gasteiger partial charge in [0, 0.05) is 0 Å². The van der Waals surface area contributed by atoms with Gasteiger partial charge in [-0.15, -0.1) is 0 Å². The first-order chi connectivity index (χ1) is 7.24. The lowest BCUT2D eigenvalue weighted by atomic mass is 10.1. The van der Waals surface area contributed by atoms with E-state index in [1.165, 1.54) is 25.7 Å². The molecule has 0 rings (SSSR count). The SMILES string of the molecule is CCCCCCC(C)OCC(C#N)NC. The van der Waals surface area contributed by atoms with E-state index in [-0.39, 0.29) is 12.1 Å². The van der Waals surface area contributed by atoms with E-state index in [0.29, 0.717) is 6.61 Å². The van der Waals surface area contributed by atoms with Gasteiger partial charge in [0.25, 0.3) is 0 Å². The average Bonchev–Trinajstić information content (AvgIpc) is 2.26. The smallest absolute Gasteiger partial charge is 0.119 e. The molecule has 15 heavy (non-hydrogen) atoms. The van der Waals surface area contributed by atoms with E-state index < -0.39 is 0 Å². The van der Waals surface area contributed by atoms with Gasteiger partial charge in [0.05, 0.1) is 18.8 Å². The lowest BCUT2D eigenvalue weighted by molar-refractivity contribution is 0.0523. The molecule has 0 saturated carbocycles. The summed E-state index contributed by atoms with van der Waals surface area (Å²) in [5, 5.41) is 11.6. The molecular weight excluding hydrogens is 188 g/mol. The fraction of sp³-hybridized carbons (Fsp3) is 0.917. The molecule has 2 atom stereocenters. The zero-order valence-electron chi connectivity index (χ0n) is 10.3. The van der Waals surface area contributed by atoms with E-state index in [1.807, 2.05) is 0 Å². The van der Waals surface area contributed by atoms with Crippen LogP contribution < -0.4 is 5.32 Å². The Bertz CT molecular complexity index is 177. The summed E-state index contributed by atoms with van der Waals surface area (Å²) in [6.45, 7) is 4.78. The number of hydrogen-bond acceptors (Lipinski definition) is 3. The lowest BCUT2D eigenvalue weighted by Gasteiger charge is -2.15. The van der Waals surface area contributed by atoms with Crippen LogP contribution in [0.25, 0.3) is 0 Å². The highest BCUT2D eigenvalue weighted by molar-refractivity contribution is 4.88. The van der Waals surface area contributed by atoms with E-state index in [9.17, 15) is 0 Å². The van der Waals surface area contributed by atoms with Crippen LogP contribution in [0.15, 0.2) is 0 Å². The van der Waals surface area contributed by atoms with Crippen molar-refractivity contribution < 1.29 is 4.74 Å². The van der Waals surface area contributed by atoms with Gasteiger partial charge < -0.3 is 10.1 Å². The predicted octanol–water partition coefficient (Wildman–Crippen LogP) is 2.47. The molecule has 3 heteroatoms. The zero-order valence-corrected chi connectivity index (χ0v) is 10.3. The number of rotatable bonds is 9. The summed E-state index contributed by atoms with van der Waals surface area (Å²) in [4.78, 5) is 0. The topological polar surface area (TPSA) is 45.0 Å². The number of nitrogens with zero attached hydrogens (tertiary/aromatic N) is 1. The Balaban J connectivity index is 3.40. The summed E-state index contributed by atoms with van der Waals surface area (Å²) in [5.74, 6) is 0. The Labute approximate surface area is 93.8 Å². The molecule has 3 nitrogen and oxygen atoms in total. The molecule has 0 aliphatic rings. The maximum atomic E-state index is 8.69. The lowest BCUT2D eigenvalue weighted by Crippen LogP contribution is -2.30. The Morgan fingerprint density at radius 3 is 2.60 bits per heavy atom. The molecule has 88 valence electrons. The first kappa shape index (κ1) is 14.4. The fourth-order valence-electron chi connectivity index (χ4n) is 1.39. The van der Waals surface area contributed by atoms with Crippen molar-refractivity contribution in [1.82, 2.24) is 5.32 Å². The van der Waals surface area contributed by atoms with Crippen molar-refractivity contribution in [1.29, 1.82) is 5.26 Å². The summed E-state index contributed by atoms with van der Waals surface area (Å²) in [7, 11) is 1.78. The van der Waals surface area contributed by atoms with Crippen molar-refractivity contribution in [3.05, 3.63) is 0 Å². The van der Waals surface area contributed by atoms with Crippen LogP contribution in [0.5, 0.6) is 0 Å². The molecule has 0 radical (unpaired) electrons. The number of nitrogens with one attached hydrogen (secondary N) is 1. The molecule has 0 saturated heterocycles. The Morgan fingerprint density at radius 1 is 1.33 bits per heavy atom. The van der Waals surface area contributed by atoms with Gasteiger partial charge in [-0.2, -0.15) is 5.26 Å². The first-order valence-corrected chi connectivity index (χ1v) is 5.93. The summed E-state index contributed by atoms with van der Waals surface area (Å²) >= 11 is 0. The van der Waals surface area contributed by atoms with Crippen molar-refractivity contribution in [3.63, 3.8) is 0 Å². The summed E-state index contributed by atoms with van der Waals surface area (Å²) in [6, 6.07) is 1.97. The third-order valence-electron chi connectivity index (χ3n) is 2.52. The molecule has 1 N–H and O–H groups in total. The number of likely N-dealkylation sites (N-methyl/N-ethyl adjacent to an activating group) is 1. The van der Waals surface area contributed by atoms with E-state index in [1.54, 1.807) is 7.05 Å². The molecule has 0 aromatic carbocycles. The minimum absolute atomic E-state index is 0.178. The van der Waals surface area contributed by atoms with Crippen molar-refractivity contribution in [3.8, 4) is 6.07 Å². The van der Waals surface area contributed by atoms with Crippen LogP contribution in [0.3, 0.4) is 0 Å². The van der Waals surface area contributed by atoms with Crippen LogP contribution in [0.4, 0.5) is 0 Å². The van der Waals surface area contributed by atoms with Crippen LogP contribution in [-0.2, 0) is 4.74 Å². The maximum absolute atomic E-state index is 8.69. The van der Waals surface area contributed by atoms with E-state index >= 15 is 0 Å². The van der Waals surface area contributed by atoms with Gasteiger partial charge in [0.15, 0.2) is 0 Å². The third kappa shape index (κ3) is 8.41. The molecule has 0 aliphatic heterocycles. The minimum atomic E-state index is -0.178. The highest BCUT2D eigenvalue weighted by atomic mass is 16.5. The van der Waals surface area contributed by atoms with Crippen molar-refractivity contribution in [2.45, 2.75) is 58.1 Å². The minimum Gasteiger partial charge on any atom is -0.376 e. The summed E-state index contributed by atoms with van der Waals surface area (Å²) in [6.07, 6.45) is 6.47. The maximum Gasteiger partial charge on any atom is 0.119 e. The first-order valence-electron chi connectivity index (χ1n) is 5.93. The molecule has 0 amide bonds. The summed E-state index contributed by atoms with van der Waals surface area (Å²) < 4.78 is 5.58. The molecule has 2 unspecified atom stereocenters. The molecule has 0 aromatic heterocycles. The van der Waals surface area contributed by atoms with Crippen molar-refractivity contribution >= 4 is 0 Å². The van der Waals surface area contributed by atoms with Gasteiger partial charge in [-0.3, -0.25) is 0 Å². The van der Waals surface area contributed by atoms with Gasteiger partial charge in [-0.05, 0) is 20.4 Å². The van der Waals surface area contributed by atoms with Crippen molar-refractivity contribution in [2.75, 3.05) is 13.7 Å². The Hall–Kier alpha value is -0.590. The van der Waals surface area contributed by atoms with Crippen LogP contribution in [-0.4, -0.2) is 25.8 Å². The Kier molecular flexibility index (Phi) is 9.55. The number of hydrogen-bond donors (Lipinski definition) is 1. The summed E-state index contributed by atoms with van der Waals surface area (Å²) in [5.41, 5.74) is 0. The van der Waals surface area contributed by atoms with Crippen molar-refractivity contribution in [2.24, 2.45) is 0 Å². The number of ether oxygens (including phenoxy) is 1. The Morgan fingerprint density at radius 2 is 2.07 bits per heavy atom. The van der Waals surface area contributed by atoms with Crippen LogP contribution in [0, 0.1) is 11.3 Å².